The number of aryl methyl sites for hydroxylation is 2. The molecule has 1 amide bonds. The first-order chi connectivity index (χ1) is 18.5. The molecule has 0 atom stereocenters. The fourth-order valence-electron chi connectivity index (χ4n) is 4.02. The number of halogens is 3. The average molecular weight is 542 g/mol. The van der Waals surface area contributed by atoms with Gasteiger partial charge in [0.25, 0.3) is 5.56 Å². The molecule has 2 N–H and O–H groups in total. The fraction of sp³-hybridized carbons (Fsp3) is 0.346. The quantitative estimate of drug-likeness (QED) is 0.347. The highest BCUT2D eigenvalue weighted by atomic mass is 19.4. The van der Waals surface area contributed by atoms with E-state index in [1.165, 1.54) is 25.9 Å². The van der Waals surface area contributed by atoms with Gasteiger partial charge in [0.05, 0.1) is 12.0 Å². The van der Waals surface area contributed by atoms with Crippen molar-refractivity contribution in [2.45, 2.75) is 52.4 Å². The summed E-state index contributed by atoms with van der Waals surface area (Å²) in [6, 6.07) is 6.09. The van der Waals surface area contributed by atoms with Crippen molar-refractivity contribution in [1.82, 2.24) is 28.9 Å². The second-order valence-corrected chi connectivity index (χ2v) is 8.82. The Morgan fingerprint density at radius 2 is 1.82 bits per heavy atom. The first-order valence-electron chi connectivity index (χ1n) is 12.3. The number of rotatable bonds is 7. The van der Waals surface area contributed by atoms with Crippen molar-refractivity contribution in [2.75, 3.05) is 5.32 Å². The highest BCUT2D eigenvalue weighted by molar-refractivity contribution is 5.92. The van der Waals surface area contributed by atoms with Gasteiger partial charge in [-0.15, -0.1) is 0 Å². The summed E-state index contributed by atoms with van der Waals surface area (Å²) in [5, 5.41) is 7.00. The Morgan fingerprint density at radius 3 is 2.51 bits per heavy atom. The van der Waals surface area contributed by atoms with Crippen LogP contribution in [0.5, 0.6) is 0 Å². The van der Waals surface area contributed by atoms with Crippen LogP contribution in [0, 0.1) is 11.8 Å². The molecule has 0 aliphatic carbocycles. The summed E-state index contributed by atoms with van der Waals surface area (Å²) in [6.45, 7) is 4.45. The molecular weight excluding hydrogens is 515 g/mol. The van der Waals surface area contributed by atoms with Gasteiger partial charge in [0.2, 0.25) is 5.91 Å². The zero-order valence-corrected chi connectivity index (χ0v) is 21.5. The Balaban J connectivity index is 1.56. The standard InChI is InChI=1S/C26H26F3N7O3/c1-4-12-35-23-21(24(38)36(13-5-2)25(35)39)31-22(32-23)18-15-19(34(3)33-18)30-20(37)11-7-9-16-8-6-10-17(14-16)26(27,28)29/h6,8,10,14-15H,4-5,11-13H2,1-3H3,(H,30,37)(H,31,32). The summed E-state index contributed by atoms with van der Waals surface area (Å²) in [4.78, 5) is 45.7. The zero-order chi connectivity index (χ0) is 28.3. The number of carbonyl (C=O) groups is 1. The minimum atomic E-state index is -4.48. The highest BCUT2D eigenvalue weighted by Gasteiger charge is 2.30. The summed E-state index contributed by atoms with van der Waals surface area (Å²) in [7, 11) is 1.59. The van der Waals surface area contributed by atoms with Gasteiger partial charge in [0, 0.05) is 31.8 Å². The maximum atomic E-state index is 13.0. The largest absolute Gasteiger partial charge is 0.416 e. The Hall–Kier alpha value is -4.60. The van der Waals surface area contributed by atoms with Gasteiger partial charge < -0.3 is 10.3 Å². The predicted molar refractivity (Wildman–Crippen MR) is 139 cm³/mol. The van der Waals surface area contributed by atoms with Crippen LogP contribution in [-0.2, 0) is 31.1 Å². The maximum Gasteiger partial charge on any atom is 0.416 e. The number of nitrogens with one attached hydrogen (secondary N) is 2. The molecule has 0 aliphatic heterocycles. The molecule has 0 saturated carbocycles. The lowest BCUT2D eigenvalue weighted by Gasteiger charge is -2.09. The van der Waals surface area contributed by atoms with Gasteiger partial charge in [-0.05, 0) is 31.0 Å². The van der Waals surface area contributed by atoms with E-state index in [1.54, 1.807) is 13.1 Å². The normalized spacial score (nSPS) is 11.4. The molecule has 13 heteroatoms. The summed E-state index contributed by atoms with van der Waals surface area (Å²) in [6.07, 6.45) is -3.47. The molecule has 4 aromatic rings. The topological polar surface area (TPSA) is 120 Å². The van der Waals surface area contributed by atoms with Crippen molar-refractivity contribution in [1.29, 1.82) is 0 Å². The van der Waals surface area contributed by atoms with Crippen LogP contribution in [0.2, 0.25) is 0 Å². The molecule has 1 aromatic carbocycles. The van der Waals surface area contributed by atoms with E-state index >= 15 is 0 Å². The van der Waals surface area contributed by atoms with E-state index in [1.807, 2.05) is 13.8 Å². The van der Waals surface area contributed by atoms with Gasteiger partial charge in [-0.2, -0.15) is 18.3 Å². The molecule has 3 heterocycles. The Labute approximate surface area is 220 Å². The molecule has 0 aliphatic rings. The maximum absolute atomic E-state index is 13.0. The summed E-state index contributed by atoms with van der Waals surface area (Å²) >= 11 is 0. The molecule has 3 aromatic heterocycles. The number of nitrogens with zero attached hydrogens (tertiary/aromatic N) is 5. The summed E-state index contributed by atoms with van der Waals surface area (Å²) < 4.78 is 42.6. The molecule has 0 radical (unpaired) electrons. The average Bonchev–Trinajstić information content (AvgIpc) is 3.48. The van der Waals surface area contributed by atoms with Crippen molar-refractivity contribution in [3.8, 4) is 23.4 Å². The molecule has 0 spiro atoms. The van der Waals surface area contributed by atoms with Crippen LogP contribution in [0.4, 0.5) is 19.0 Å². The van der Waals surface area contributed by atoms with E-state index in [0.717, 1.165) is 12.1 Å². The number of imidazole rings is 1. The summed E-state index contributed by atoms with van der Waals surface area (Å²) in [5.41, 5.74) is -0.812. The molecule has 39 heavy (non-hydrogen) atoms. The van der Waals surface area contributed by atoms with E-state index in [2.05, 4.69) is 32.2 Å². The third-order valence-corrected chi connectivity index (χ3v) is 5.82. The van der Waals surface area contributed by atoms with Crippen LogP contribution in [-0.4, -0.2) is 34.8 Å². The van der Waals surface area contributed by atoms with Crippen molar-refractivity contribution in [3.63, 3.8) is 0 Å². The predicted octanol–water partition coefficient (Wildman–Crippen LogP) is 3.51. The Bertz CT molecular complexity index is 1710. The highest BCUT2D eigenvalue weighted by Crippen LogP contribution is 2.29. The zero-order valence-electron chi connectivity index (χ0n) is 21.5. The number of hydrogen-bond donors (Lipinski definition) is 2. The number of H-pyrrole nitrogens is 1. The second kappa shape index (κ2) is 11.0. The Kier molecular flexibility index (Phi) is 7.75. The minimum absolute atomic E-state index is 0.143. The van der Waals surface area contributed by atoms with Crippen LogP contribution >= 0.6 is 0 Å². The third-order valence-electron chi connectivity index (χ3n) is 5.82. The van der Waals surface area contributed by atoms with Crippen LogP contribution in [0.1, 0.15) is 44.2 Å². The monoisotopic (exact) mass is 541 g/mol. The molecular formula is C26H26F3N7O3. The number of fused-ring (bicyclic) bond motifs is 1. The summed E-state index contributed by atoms with van der Waals surface area (Å²) in [5.74, 6) is 5.21. The first kappa shape index (κ1) is 27.4. The lowest BCUT2D eigenvalue weighted by Crippen LogP contribution is -2.40. The van der Waals surface area contributed by atoms with Gasteiger partial charge in [-0.3, -0.25) is 23.4 Å². The molecule has 10 nitrogen and oxygen atoms in total. The van der Waals surface area contributed by atoms with E-state index in [9.17, 15) is 27.6 Å². The van der Waals surface area contributed by atoms with Gasteiger partial charge in [0.15, 0.2) is 11.5 Å². The lowest BCUT2D eigenvalue weighted by molar-refractivity contribution is -0.137. The SMILES string of the molecule is CCCn1c(=O)c2[nH]c(-c3cc(NC(=O)CC#Cc4cccc(C(F)(F)F)c4)n(C)n3)nc2n(CCC)c1=O. The van der Waals surface area contributed by atoms with Crippen LogP contribution < -0.4 is 16.6 Å². The van der Waals surface area contributed by atoms with Gasteiger partial charge in [-0.25, -0.2) is 9.78 Å². The second-order valence-electron chi connectivity index (χ2n) is 8.82. The van der Waals surface area contributed by atoms with Crippen molar-refractivity contribution < 1.29 is 18.0 Å². The fourth-order valence-corrected chi connectivity index (χ4v) is 4.02. The minimum Gasteiger partial charge on any atom is -0.331 e. The molecule has 204 valence electrons. The number of carbonyl (C=O) groups excluding carboxylic acids is 1. The van der Waals surface area contributed by atoms with E-state index in [0.29, 0.717) is 30.9 Å². The number of aromatic nitrogens is 6. The smallest absolute Gasteiger partial charge is 0.331 e. The number of hydrogen-bond acceptors (Lipinski definition) is 5. The number of aromatic amines is 1. The Morgan fingerprint density at radius 1 is 1.10 bits per heavy atom. The van der Waals surface area contributed by atoms with Crippen LogP contribution in [0.25, 0.3) is 22.7 Å². The van der Waals surface area contributed by atoms with Crippen LogP contribution in [0.15, 0.2) is 39.9 Å². The van der Waals surface area contributed by atoms with E-state index in [-0.39, 0.29) is 35.5 Å². The lowest BCUT2D eigenvalue weighted by atomic mass is 10.1. The van der Waals surface area contributed by atoms with Crippen molar-refractivity contribution >= 4 is 22.9 Å². The molecule has 0 fully saturated rings. The van der Waals surface area contributed by atoms with Crippen LogP contribution in [0.3, 0.4) is 0 Å². The molecule has 4 rings (SSSR count). The van der Waals surface area contributed by atoms with Gasteiger partial charge in [-0.1, -0.05) is 31.8 Å². The number of anilines is 1. The van der Waals surface area contributed by atoms with Gasteiger partial charge in [0.1, 0.15) is 17.0 Å². The number of amides is 1. The van der Waals surface area contributed by atoms with Crippen molar-refractivity contribution in [2.24, 2.45) is 7.05 Å². The number of alkyl halides is 3. The number of benzene rings is 1. The molecule has 0 unspecified atom stereocenters. The van der Waals surface area contributed by atoms with E-state index < -0.39 is 28.9 Å². The first-order valence-corrected chi connectivity index (χ1v) is 12.3. The third kappa shape index (κ3) is 5.79. The molecule has 0 bridgehead atoms. The van der Waals surface area contributed by atoms with Gasteiger partial charge >= 0.3 is 11.9 Å². The van der Waals surface area contributed by atoms with E-state index in [4.69, 9.17) is 0 Å². The van der Waals surface area contributed by atoms with Crippen molar-refractivity contribution in [3.05, 3.63) is 62.3 Å². The molecule has 0 saturated heterocycles.